The molecule has 0 aromatic rings. The summed E-state index contributed by atoms with van der Waals surface area (Å²) in [5.41, 5.74) is 0. The summed E-state index contributed by atoms with van der Waals surface area (Å²) < 4.78 is 0. The molecule has 0 radical (unpaired) electrons. The van der Waals surface area contributed by atoms with E-state index in [9.17, 15) is 0 Å². The zero-order valence-electron chi connectivity index (χ0n) is 11.4. The van der Waals surface area contributed by atoms with Crippen LogP contribution in [0.25, 0.3) is 0 Å². The Labute approximate surface area is 107 Å². The molecular formula is C11H26P2S2. The molecule has 4 heteroatoms. The van der Waals surface area contributed by atoms with Crippen molar-refractivity contribution in [1.82, 2.24) is 0 Å². The van der Waals surface area contributed by atoms with Gasteiger partial charge in [0, 0.05) is 5.90 Å². The first kappa shape index (κ1) is 16.3. The van der Waals surface area contributed by atoms with Crippen molar-refractivity contribution in [2.24, 2.45) is 0 Å². The van der Waals surface area contributed by atoms with Gasteiger partial charge in [-0.05, 0) is 35.7 Å². The van der Waals surface area contributed by atoms with Crippen LogP contribution in [0.3, 0.4) is 0 Å². The standard InChI is InChI=1S/C11H26P2S2/c1-10(2,3)12(7,14)9-13(8,15)11(4,5)6/h9H2,1-8H3. The second-order valence-electron chi connectivity index (χ2n) is 6.68. The summed E-state index contributed by atoms with van der Waals surface area (Å²) >= 11 is 11.7. The number of hydrogen-bond donors (Lipinski definition) is 0. The molecule has 0 rings (SSSR count). The second-order valence-corrected chi connectivity index (χ2v) is 19.7. The maximum absolute atomic E-state index is 5.87. The SMILES string of the molecule is CC(C)(C)P(C)(=S)CP(C)(=S)C(C)(C)C. The van der Waals surface area contributed by atoms with E-state index in [2.05, 4.69) is 54.9 Å². The zero-order chi connectivity index (χ0) is 12.7. The fraction of sp³-hybridized carbons (Fsp3) is 1.00. The third-order valence-corrected chi connectivity index (χ3v) is 18.7. The Hall–Kier alpha value is 1.30. The molecule has 0 saturated carbocycles. The van der Waals surface area contributed by atoms with Gasteiger partial charge >= 0.3 is 0 Å². The Balaban J connectivity index is 5.08. The largest absolute Gasteiger partial charge is 0.0968 e. The predicted octanol–water partition coefficient (Wildman–Crippen LogP) is 4.76. The summed E-state index contributed by atoms with van der Waals surface area (Å²) in [4.78, 5) is 0. The first-order chi connectivity index (χ1) is 6.21. The van der Waals surface area contributed by atoms with Crippen molar-refractivity contribution in [3.05, 3.63) is 0 Å². The Kier molecular flexibility index (Phi) is 4.92. The van der Waals surface area contributed by atoms with E-state index in [0.29, 0.717) is 0 Å². The van der Waals surface area contributed by atoms with Crippen molar-refractivity contribution in [3.8, 4) is 0 Å². The van der Waals surface area contributed by atoms with Crippen LogP contribution in [0.1, 0.15) is 41.5 Å². The summed E-state index contributed by atoms with van der Waals surface area (Å²) in [5, 5.41) is 0.515. The van der Waals surface area contributed by atoms with Crippen molar-refractivity contribution in [2.45, 2.75) is 51.9 Å². The van der Waals surface area contributed by atoms with E-state index in [1.54, 1.807) is 0 Å². The van der Waals surface area contributed by atoms with Crippen molar-refractivity contribution in [1.29, 1.82) is 0 Å². The highest BCUT2D eigenvalue weighted by Gasteiger charge is 2.36. The van der Waals surface area contributed by atoms with Crippen LogP contribution in [0.15, 0.2) is 0 Å². The minimum atomic E-state index is -1.32. The minimum absolute atomic E-state index is 0.258. The first-order valence-electron chi connectivity index (χ1n) is 5.34. The lowest BCUT2D eigenvalue weighted by Crippen LogP contribution is -2.21. The molecule has 0 aliphatic heterocycles. The van der Waals surface area contributed by atoms with Crippen LogP contribution >= 0.6 is 12.1 Å². The summed E-state index contributed by atoms with van der Waals surface area (Å²) in [5.74, 6) is 1.12. The van der Waals surface area contributed by atoms with Gasteiger partial charge in [-0.1, -0.05) is 65.2 Å². The molecule has 0 nitrogen and oxygen atoms in total. The van der Waals surface area contributed by atoms with Crippen molar-refractivity contribution in [2.75, 3.05) is 19.2 Å². The molecule has 0 heterocycles. The molecule has 92 valence electrons. The van der Waals surface area contributed by atoms with E-state index >= 15 is 0 Å². The topological polar surface area (TPSA) is 0 Å². The van der Waals surface area contributed by atoms with Crippen LogP contribution in [0.5, 0.6) is 0 Å². The highest BCUT2D eigenvalue weighted by molar-refractivity contribution is 8.24. The first-order valence-corrected chi connectivity index (χ1v) is 12.2. The highest BCUT2D eigenvalue weighted by Crippen LogP contribution is 2.69. The lowest BCUT2D eigenvalue weighted by Gasteiger charge is -2.40. The van der Waals surface area contributed by atoms with Gasteiger partial charge in [0.1, 0.15) is 0 Å². The fourth-order valence-corrected chi connectivity index (χ4v) is 13.3. The molecule has 0 aliphatic carbocycles. The maximum atomic E-state index is 5.87. The average Bonchev–Trinajstić information content (AvgIpc) is 1.77. The Morgan fingerprint density at radius 1 is 0.733 bits per heavy atom. The number of rotatable bonds is 2. The lowest BCUT2D eigenvalue weighted by atomic mass is 10.3. The van der Waals surface area contributed by atoms with E-state index in [1.807, 2.05) is 0 Å². The van der Waals surface area contributed by atoms with Crippen LogP contribution in [0.2, 0.25) is 0 Å². The van der Waals surface area contributed by atoms with Crippen LogP contribution in [0.4, 0.5) is 0 Å². The van der Waals surface area contributed by atoms with Gasteiger partial charge in [-0.3, -0.25) is 0 Å². The Bertz CT molecular complexity index is 286. The van der Waals surface area contributed by atoms with Crippen LogP contribution in [-0.2, 0) is 23.6 Å². The lowest BCUT2D eigenvalue weighted by molar-refractivity contribution is 0.777. The normalized spacial score (nSPS) is 21.9. The third kappa shape index (κ3) is 4.23. The highest BCUT2D eigenvalue weighted by atomic mass is 32.5. The smallest absolute Gasteiger partial charge is 0.00655 e. The van der Waals surface area contributed by atoms with Crippen molar-refractivity contribution in [3.63, 3.8) is 0 Å². The van der Waals surface area contributed by atoms with Gasteiger partial charge in [0.15, 0.2) is 0 Å². The van der Waals surface area contributed by atoms with Gasteiger partial charge in [-0.2, -0.15) is 0 Å². The average molecular weight is 284 g/mol. The van der Waals surface area contributed by atoms with Gasteiger partial charge in [-0.15, -0.1) is 0 Å². The molecule has 0 aromatic carbocycles. The summed E-state index contributed by atoms with van der Waals surface area (Å²) in [6, 6.07) is -2.63. The van der Waals surface area contributed by atoms with Crippen LogP contribution in [-0.4, -0.2) is 29.5 Å². The molecule has 2 atom stereocenters. The third-order valence-electron chi connectivity index (χ3n) is 3.38. The van der Waals surface area contributed by atoms with Gasteiger partial charge < -0.3 is 0 Å². The van der Waals surface area contributed by atoms with Gasteiger partial charge in [-0.25, -0.2) is 0 Å². The zero-order valence-corrected chi connectivity index (χ0v) is 14.8. The monoisotopic (exact) mass is 284 g/mol. The van der Waals surface area contributed by atoms with E-state index in [-0.39, 0.29) is 10.3 Å². The van der Waals surface area contributed by atoms with Gasteiger partial charge in [0.05, 0.1) is 0 Å². The second kappa shape index (κ2) is 4.52. The van der Waals surface area contributed by atoms with Crippen molar-refractivity contribution < 1.29 is 0 Å². The van der Waals surface area contributed by atoms with Crippen molar-refractivity contribution >= 4 is 35.7 Å². The fourth-order valence-electron chi connectivity index (χ4n) is 0.939. The van der Waals surface area contributed by atoms with Crippen LogP contribution in [0, 0.1) is 0 Å². The molecule has 0 bridgehead atoms. The quantitative estimate of drug-likeness (QED) is 0.671. The maximum Gasteiger partial charge on any atom is 0.00655 e. The molecule has 0 aromatic heterocycles. The summed E-state index contributed by atoms with van der Waals surface area (Å²) in [6.07, 6.45) is 0. The minimum Gasteiger partial charge on any atom is -0.0968 e. The molecule has 0 amide bonds. The van der Waals surface area contributed by atoms with Gasteiger partial charge in [0.25, 0.3) is 0 Å². The Morgan fingerprint density at radius 3 is 1.07 bits per heavy atom. The summed E-state index contributed by atoms with van der Waals surface area (Å²) in [6.45, 7) is 18.2. The molecule has 2 unspecified atom stereocenters. The van der Waals surface area contributed by atoms with E-state index < -0.39 is 12.1 Å². The van der Waals surface area contributed by atoms with E-state index in [0.717, 1.165) is 5.90 Å². The van der Waals surface area contributed by atoms with E-state index in [1.165, 1.54) is 0 Å². The molecule has 0 fully saturated rings. The number of hydrogen-bond acceptors (Lipinski definition) is 2. The molecule has 0 spiro atoms. The Morgan fingerprint density at radius 2 is 0.933 bits per heavy atom. The van der Waals surface area contributed by atoms with E-state index in [4.69, 9.17) is 23.6 Å². The van der Waals surface area contributed by atoms with Gasteiger partial charge in [0.2, 0.25) is 0 Å². The molecule has 0 aliphatic rings. The van der Waals surface area contributed by atoms with Crippen LogP contribution < -0.4 is 0 Å². The molecule has 0 N–H and O–H groups in total. The predicted molar refractivity (Wildman–Crippen MR) is 84.8 cm³/mol. The molecule has 15 heavy (non-hydrogen) atoms. The summed E-state index contributed by atoms with van der Waals surface area (Å²) in [7, 11) is 0. The molecular weight excluding hydrogens is 258 g/mol. The molecule has 0 saturated heterocycles.